The molecule has 0 fully saturated rings. The van der Waals surface area contributed by atoms with Crippen molar-refractivity contribution in [1.29, 1.82) is 0 Å². The van der Waals surface area contributed by atoms with Crippen LogP contribution in [-0.2, 0) is 11.5 Å². The second-order valence-corrected chi connectivity index (χ2v) is 4.39. The van der Waals surface area contributed by atoms with Gasteiger partial charge in [-0.15, -0.1) is 5.10 Å². The number of aromatic nitrogens is 3. The monoisotopic (exact) mass is 282 g/mol. The molecule has 2 aromatic rings. The van der Waals surface area contributed by atoms with E-state index in [-0.39, 0.29) is 12.6 Å². The standard InChI is InChI=1S/C16H18N4O/c1-3-5-9-13(8-4-2)16(21)17-12-20-15-11-7-6-10-14(15)18-19-20/h3-11H,12H2,1-2H3,(H,17,21)/b5-3-,8-4-,13-9+. The SMILES string of the molecule is C\C=C/C=C(\C=C/C)C(=O)NCn1nnc2ccccc21. The van der Waals surface area contributed by atoms with Crippen LogP contribution >= 0.6 is 0 Å². The van der Waals surface area contributed by atoms with Gasteiger partial charge in [-0.1, -0.05) is 41.7 Å². The van der Waals surface area contributed by atoms with E-state index in [9.17, 15) is 4.79 Å². The molecule has 1 aromatic carbocycles. The van der Waals surface area contributed by atoms with Crippen molar-refractivity contribution in [1.82, 2.24) is 20.3 Å². The molecule has 1 N–H and O–H groups in total. The maximum atomic E-state index is 12.1. The van der Waals surface area contributed by atoms with Gasteiger partial charge in [0.1, 0.15) is 12.2 Å². The molecule has 21 heavy (non-hydrogen) atoms. The summed E-state index contributed by atoms with van der Waals surface area (Å²) < 4.78 is 1.66. The Kier molecular flexibility index (Phi) is 5.04. The van der Waals surface area contributed by atoms with Crippen molar-refractivity contribution in [2.75, 3.05) is 0 Å². The normalized spacial score (nSPS) is 12.6. The summed E-state index contributed by atoms with van der Waals surface area (Å²) in [7, 11) is 0. The summed E-state index contributed by atoms with van der Waals surface area (Å²) in [4.78, 5) is 12.1. The van der Waals surface area contributed by atoms with Gasteiger partial charge in [-0.3, -0.25) is 4.79 Å². The summed E-state index contributed by atoms with van der Waals surface area (Å²) in [5.41, 5.74) is 2.30. The maximum absolute atomic E-state index is 12.1. The molecular weight excluding hydrogens is 264 g/mol. The summed E-state index contributed by atoms with van der Waals surface area (Å²) in [6.07, 6.45) is 9.09. The molecule has 5 heteroatoms. The molecule has 0 aliphatic carbocycles. The van der Waals surface area contributed by atoms with Crippen LogP contribution in [-0.4, -0.2) is 20.9 Å². The predicted molar refractivity (Wildman–Crippen MR) is 83.4 cm³/mol. The van der Waals surface area contributed by atoms with E-state index in [2.05, 4.69) is 15.6 Å². The van der Waals surface area contributed by atoms with Crippen molar-refractivity contribution in [2.45, 2.75) is 20.5 Å². The first-order valence-corrected chi connectivity index (χ1v) is 6.78. The fourth-order valence-corrected chi connectivity index (χ4v) is 1.87. The largest absolute Gasteiger partial charge is 0.333 e. The molecule has 1 heterocycles. The smallest absolute Gasteiger partial charge is 0.252 e. The maximum Gasteiger partial charge on any atom is 0.252 e. The number of benzene rings is 1. The number of rotatable bonds is 5. The number of amides is 1. The molecule has 0 aliphatic rings. The zero-order chi connectivity index (χ0) is 15.1. The Morgan fingerprint density at radius 3 is 2.86 bits per heavy atom. The first kappa shape index (κ1) is 14.7. The minimum Gasteiger partial charge on any atom is -0.333 e. The number of hydrogen-bond acceptors (Lipinski definition) is 3. The molecule has 108 valence electrons. The first-order valence-electron chi connectivity index (χ1n) is 6.78. The molecule has 1 aromatic heterocycles. The summed E-state index contributed by atoms with van der Waals surface area (Å²) in [5, 5.41) is 10.9. The number of allylic oxidation sites excluding steroid dienone is 4. The Morgan fingerprint density at radius 1 is 1.29 bits per heavy atom. The van der Waals surface area contributed by atoms with E-state index in [0.29, 0.717) is 5.57 Å². The Hall–Kier alpha value is -2.69. The van der Waals surface area contributed by atoms with Gasteiger partial charge in [-0.05, 0) is 32.1 Å². The minimum atomic E-state index is -0.147. The molecule has 0 spiro atoms. The van der Waals surface area contributed by atoms with E-state index in [1.54, 1.807) is 16.8 Å². The second kappa shape index (κ2) is 7.19. The fraction of sp³-hybridized carbons (Fsp3) is 0.188. The van der Waals surface area contributed by atoms with Gasteiger partial charge in [0.25, 0.3) is 5.91 Å². The van der Waals surface area contributed by atoms with Crippen molar-refractivity contribution in [3.63, 3.8) is 0 Å². The number of carbonyl (C=O) groups is 1. The van der Waals surface area contributed by atoms with E-state index in [0.717, 1.165) is 11.0 Å². The number of nitrogens with one attached hydrogen (secondary N) is 1. The van der Waals surface area contributed by atoms with E-state index < -0.39 is 0 Å². The highest BCUT2D eigenvalue weighted by Crippen LogP contribution is 2.08. The molecule has 0 atom stereocenters. The van der Waals surface area contributed by atoms with E-state index in [1.807, 2.05) is 56.3 Å². The lowest BCUT2D eigenvalue weighted by atomic mass is 10.2. The highest BCUT2D eigenvalue weighted by Gasteiger charge is 2.07. The van der Waals surface area contributed by atoms with Crippen molar-refractivity contribution in [3.05, 3.63) is 60.2 Å². The zero-order valence-corrected chi connectivity index (χ0v) is 12.2. The Bertz CT molecular complexity index is 710. The van der Waals surface area contributed by atoms with Crippen molar-refractivity contribution >= 4 is 16.9 Å². The molecule has 2 rings (SSSR count). The molecule has 0 saturated heterocycles. The molecule has 0 saturated carbocycles. The molecule has 5 nitrogen and oxygen atoms in total. The molecule has 1 amide bonds. The number of nitrogens with zero attached hydrogens (tertiary/aromatic N) is 3. The predicted octanol–water partition coefficient (Wildman–Crippen LogP) is 2.58. The van der Waals surface area contributed by atoms with Crippen LogP contribution in [0.2, 0.25) is 0 Å². The van der Waals surface area contributed by atoms with Crippen LogP contribution in [0.25, 0.3) is 11.0 Å². The lowest BCUT2D eigenvalue weighted by Crippen LogP contribution is -2.27. The van der Waals surface area contributed by atoms with Gasteiger partial charge in [-0.25, -0.2) is 4.68 Å². The summed E-state index contributed by atoms with van der Waals surface area (Å²) in [5.74, 6) is -0.147. The number of carbonyl (C=O) groups excluding carboxylic acids is 1. The lowest BCUT2D eigenvalue weighted by molar-refractivity contribution is -0.117. The van der Waals surface area contributed by atoms with Gasteiger partial charge in [0.2, 0.25) is 0 Å². The van der Waals surface area contributed by atoms with Crippen molar-refractivity contribution in [2.24, 2.45) is 0 Å². The van der Waals surface area contributed by atoms with Gasteiger partial charge in [0.15, 0.2) is 0 Å². The zero-order valence-electron chi connectivity index (χ0n) is 12.2. The summed E-state index contributed by atoms with van der Waals surface area (Å²) in [6, 6.07) is 7.63. The molecular formula is C16H18N4O. The van der Waals surface area contributed by atoms with E-state index in [1.165, 1.54) is 0 Å². The van der Waals surface area contributed by atoms with Gasteiger partial charge in [0.05, 0.1) is 5.52 Å². The summed E-state index contributed by atoms with van der Waals surface area (Å²) >= 11 is 0. The number of fused-ring (bicyclic) bond motifs is 1. The van der Waals surface area contributed by atoms with Crippen LogP contribution in [0.5, 0.6) is 0 Å². The van der Waals surface area contributed by atoms with Crippen LogP contribution in [0.15, 0.2) is 60.2 Å². The Morgan fingerprint density at radius 2 is 2.10 bits per heavy atom. The van der Waals surface area contributed by atoms with Gasteiger partial charge in [-0.2, -0.15) is 0 Å². The molecule has 0 radical (unpaired) electrons. The third kappa shape index (κ3) is 3.66. The third-order valence-corrected chi connectivity index (χ3v) is 2.89. The van der Waals surface area contributed by atoms with E-state index >= 15 is 0 Å². The average molecular weight is 282 g/mol. The Balaban J connectivity index is 2.09. The molecule has 0 unspecified atom stereocenters. The second-order valence-electron chi connectivity index (χ2n) is 4.39. The lowest BCUT2D eigenvalue weighted by Gasteiger charge is -2.06. The Labute approximate surface area is 123 Å². The molecule has 0 aliphatic heterocycles. The summed E-state index contributed by atoms with van der Waals surface area (Å²) in [6.45, 7) is 4.06. The van der Waals surface area contributed by atoms with Crippen LogP contribution in [0.4, 0.5) is 0 Å². The van der Waals surface area contributed by atoms with Crippen LogP contribution < -0.4 is 5.32 Å². The average Bonchev–Trinajstić information content (AvgIpc) is 2.92. The van der Waals surface area contributed by atoms with Crippen LogP contribution in [0, 0.1) is 0 Å². The highest BCUT2D eigenvalue weighted by molar-refractivity contribution is 5.96. The third-order valence-electron chi connectivity index (χ3n) is 2.89. The van der Waals surface area contributed by atoms with Crippen LogP contribution in [0.3, 0.4) is 0 Å². The van der Waals surface area contributed by atoms with Gasteiger partial charge in [0, 0.05) is 5.57 Å². The number of para-hydroxylation sites is 1. The highest BCUT2D eigenvalue weighted by atomic mass is 16.1. The van der Waals surface area contributed by atoms with Gasteiger partial charge >= 0.3 is 0 Å². The van der Waals surface area contributed by atoms with E-state index in [4.69, 9.17) is 0 Å². The topological polar surface area (TPSA) is 59.8 Å². The van der Waals surface area contributed by atoms with Crippen LogP contribution in [0.1, 0.15) is 13.8 Å². The first-order chi connectivity index (χ1) is 10.3. The van der Waals surface area contributed by atoms with Gasteiger partial charge < -0.3 is 5.32 Å². The number of hydrogen-bond donors (Lipinski definition) is 1. The molecule has 0 bridgehead atoms. The van der Waals surface area contributed by atoms with Crippen molar-refractivity contribution < 1.29 is 4.79 Å². The minimum absolute atomic E-state index is 0.147. The quantitative estimate of drug-likeness (QED) is 0.677. The van der Waals surface area contributed by atoms with Crippen molar-refractivity contribution in [3.8, 4) is 0 Å². The fourth-order valence-electron chi connectivity index (χ4n) is 1.87.